The predicted octanol–water partition coefficient (Wildman–Crippen LogP) is 1.45. The number of nitrogens with one attached hydrogen (secondary N) is 2. The molecule has 5 nitrogen and oxygen atoms in total. The van der Waals surface area contributed by atoms with Crippen molar-refractivity contribution >= 4 is 11.6 Å². The van der Waals surface area contributed by atoms with Gasteiger partial charge in [0.05, 0.1) is 5.56 Å². The normalized spacial score (nSPS) is 19.1. The number of hydrogen-bond donors (Lipinski definition) is 2. The average molecular weight is 272 g/mol. The predicted molar refractivity (Wildman–Crippen MR) is 77.7 cm³/mol. The van der Waals surface area contributed by atoms with Crippen LogP contribution in [0.25, 0.3) is 5.65 Å². The lowest BCUT2D eigenvalue weighted by molar-refractivity contribution is 0.0950. The van der Waals surface area contributed by atoms with Gasteiger partial charge in [0.1, 0.15) is 5.65 Å². The number of carbonyl (C=O) groups excluding carboxylic acids is 1. The summed E-state index contributed by atoms with van der Waals surface area (Å²) in [5, 5.41) is 6.40. The highest BCUT2D eigenvalue weighted by molar-refractivity contribution is 5.94. The fourth-order valence-corrected chi connectivity index (χ4v) is 2.72. The van der Waals surface area contributed by atoms with Crippen molar-refractivity contribution in [1.82, 2.24) is 20.0 Å². The van der Waals surface area contributed by atoms with Crippen LogP contribution in [0.4, 0.5) is 0 Å². The van der Waals surface area contributed by atoms with Crippen molar-refractivity contribution in [3.63, 3.8) is 0 Å². The van der Waals surface area contributed by atoms with Crippen LogP contribution >= 0.6 is 0 Å². The molecule has 3 heterocycles. The second-order valence-electron chi connectivity index (χ2n) is 5.37. The summed E-state index contributed by atoms with van der Waals surface area (Å²) in [5.74, 6) is 0.685. The number of carbonyl (C=O) groups is 1. The number of hydrogen-bond acceptors (Lipinski definition) is 3. The Morgan fingerprint density at radius 2 is 2.45 bits per heavy atom. The van der Waals surface area contributed by atoms with Gasteiger partial charge in [0.2, 0.25) is 0 Å². The molecule has 1 amide bonds. The molecule has 1 fully saturated rings. The van der Waals surface area contributed by atoms with Crippen molar-refractivity contribution in [2.75, 3.05) is 19.6 Å². The van der Waals surface area contributed by atoms with Gasteiger partial charge < -0.3 is 15.0 Å². The van der Waals surface area contributed by atoms with Crippen molar-refractivity contribution in [1.29, 1.82) is 0 Å². The van der Waals surface area contributed by atoms with Crippen molar-refractivity contribution in [2.45, 2.75) is 19.3 Å². The third kappa shape index (κ3) is 2.99. The Labute approximate surface area is 118 Å². The van der Waals surface area contributed by atoms with Crippen LogP contribution in [0.5, 0.6) is 0 Å². The summed E-state index contributed by atoms with van der Waals surface area (Å²) in [5.41, 5.74) is 1.53. The molecule has 0 bridgehead atoms. The molecule has 5 heteroatoms. The molecule has 1 saturated heterocycles. The fraction of sp³-hybridized carbons (Fsp3) is 0.467. The maximum Gasteiger partial charge on any atom is 0.252 e. The Morgan fingerprint density at radius 3 is 3.30 bits per heavy atom. The van der Waals surface area contributed by atoms with Gasteiger partial charge >= 0.3 is 0 Å². The van der Waals surface area contributed by atoms with Crippen LogP contribution in [0.1, 0.15) is 29.6 Å². The Hall–Kier alpha value is -1.88. The summed E-state index contributed by atoms with van der Waals surface area (Å²) >= 11 is 0. The molecule has 2 aromatic rings. The molecule has 20 heavy (non-hydrogen) atoms. The van der Waals surface area contributed by atoms with E-state index in [4.69, 9.17) is 0 Å². The smallest absolute Gasteiger partial charge is 0.252 e. The zero-order valence-corrected chi connectivity index (χ0v) is 11.5. The van der Waals surface area contributed by atoms with E-state index in [1.807, 2.05) is 28.9 Å². The second kappa shape index (κ2) is 6.05. The minimum absolute atomic E-state index is 0.00984. The number of imidazole rings is 1. The quantitative estimate of drug-likeness (QED) is 0.886. The second-order valence-corrected chi connectivity index (χ2v) is 5.37. The van der Waals surface area contributed by atoms with E-state index >= 15 is 0 Å². The van der Waals surface area contributed by atoms with Crippen molar-refractivity contribution in [3.8, 4) is 0 Å². The summed E-state index contributed by atoms with van der Waals surface area (Å²) in [4.78, 5) is 16.3. The van der Waals surface area contributed by atoms with Crippen LogP contribution in [0, 0.1) is 5.92 Å². The number of nitrogens with zero attached hydrogens (tertiary/aromatic N) is 2. The first-order valence-electron chi connectivity index (χ1n) is 7.24. The summed E-state index contributed by atoms with van der Waals surface area (Å²) in [6, 6.07) is 3.68. The molecule has 1 aliphatic heterocycles. The summed E-state index contributed by atoms with van der Waals surface area (Å²) < 4.78 is 1.86. The first-order valence-corrected chi connectivity index (χ1v) is 7.24. The van der Waals surface area contributed by atoms with E-state index in [2.05, 4.69) is 15.6 Å². The van der Waals surface area contributed by atoms with Crippen LogP contribution in [0.3, 0.4) is 0 Å². The zero-order chi connectivity index (χ0) is 13.8. The first kappa shape index (κ1) is 13.1. The van der Waals surface area contributed by atoms with Gasteiger partial charge in [0.15, 0.2) is 0 Å². The molecule has 2 aromatic heterocycles. The number of pyridine rings is 1. The Morgan fingerprint density at radius 1 is 1.50 bits per heavy atom. The molecule has 106 valence electrons. The molecule has 0 aliphatic carbocycles. The fourth-order valence-electron chi connectivity index (χ4n) is 2.72. The minimum atomic E-state index is -0.00984. The van der Waals surface area contributed by atoms with E-state index in [1.54, 1.807) is 6.20 Å². The van der Waals surface area contributed by atoms with E-state index in [1.165, 1.54) is 12.8 Å². The van der Waals surface area contributed by atoms with Gasteiger partial charge in [-0.2, -0.15) is 0 Å². The highest BCUT2D eigenvalue weighted by Crippen LogP contribution is 2.13. The topological polar surface area (TPSA) is 58.4 Å². The lowest BCUT2D eigenvalue weighted by atomic mass is 9.96. The maximum atomic E-state index is 12.1. The van der Waals surface area contributed by atoms with Gasteiger partial charge in [-0.05, 0) is 50.4 Å². The molecule has 0 saturated carbocycles. The van der Waals surface area contributed by atoms with Crippen molar-refractivity contribution in [2.24, 2.45) is 5.92 Å². The largest absolute Gasteiger partial charge is 0.352 e. The number of aromatic nitrogens is 2. The molecular formula is C15H20N4O. The molecule has 0 aromatic carbocycles. The highest BCUT2D eigenvalue weighted by atomic mass is 16.1. The third-order valence-corrected chi connectivity index (χ3v) is 3.89. The van der Waals surface area contributed by atoms with E-state index in [0.717, 1.165) is 31.7 Å². The number of amides is 1. The van der Waals surface area contributed by atoms with Crippen LogP contribution in [0.15, 0.2) is 30.7 Å². The third-order valence-electron chi connectivity index (χ3n) is 3.89. The number of piperidine rings is 1. The molecule has 1 atom stereocenters. The summed E-state index contributed by atoms with van der Waals surface area (Å²) in [6.07, 6.45) is 8.96. The molecule has 0 unspecified atom stereocenters. The maximum absolute atomic E-state index is 12.1. The Kier molecular flexibility index (Phi) is 3.97. The molecule has 3 rings (SSSR count). The summed E-state index contributed by atoms with van der Waals surface area (Å²) in [6.45, 7) is 2.96. The minimum Gasteiger partial charge on any atom is -0.352 e. The first-order chi connectivity index (χ1) is 9.83. The van der Waals surface area contributed by atoms with Gasteiger partial charge in [-0.15, -0.1) is 0 Å². The van der Waals surface area contributed by atoms with Gasteiger partial charge in [-0.3, -0.25) is 4.79 Å². The molecular weight excluding hydrogens is 252 g/mol. The van der Waals surface area contributed by atoms with Gasteiger partial charge in [0.25, 0.3) is 5.91 Å². The standard InChI is InChI=1S/C15H20N4O/c20-15(18-7-5-12-2-1-6-16-10-12)13-3-4-14-17-8-9-19(14)11-13/h3-4,8-9,11-12,16H,1-2,5-7,10H2,(H,18,20)/t12-/m0/s1. The van der Waals surface area contributed by atoms with Gasteiger partial charge in [-0.25, -0.2) is 4.98 Å². The molecule has 2 N–H and O–H groups in total. The highest BCUT2D eigenvalue weighted by Gasteiger charge is 2.13. The summed E-state index contributed by atoms with van der Waals surface area (Å²) in [7, 11) is 0. The van der Waals surface area contributed by atoms with E-state index in [0.29, 0.717) is 11.5 Å². The number of rotatable bonds is 4. The van der Waals surface area contributed by atoms with E-state index in [9.17, 15) is 4.79 Å². The van der Waals surface area contributed by atoms with Crippen LogP contribution in [0.2, 0.25) is 0 Å². The van der Waals surface area contributed by atoms with E-state index in [-0.39, 0.29) is 5.91 Å². The SMILES string of the molecule is O=C(NCC[C@@H]1CCCNC1)c1ccc2nccn2c1. The Balaban J connectivity index is 1.53. The van der Waals surface area contributed by atoms with Gasteiger partial charge in [-0.1, -0.05) is 0 Å². The van der Waals surface area contributed by atoms with Crippen molar-refractivity contribution in [3.05, 3.63) is 36.3 Å². The molecule has 1 aliphatic rings. The zero-order valence-electron chi connectivity index (χ0n) is 11.5. The lowest BCUT2D eigenvalue weighted by Gasteiger charge is -2.22. The van der Waals surface area contributed by atoms with Crippen LogP contribution in [-0.2, 0) is 0 Å². The average Bonchev–Trinajstić information content (AvgIpc) is 2.95. The van der Waals surface area contributed by atoms with Crippen molar-refractivity contribution < 1.29 is 4.79 Å². The number of fused-ring (bicyclic) bond motifs is 1. The Bertz CT molecular complexity index is 586. The van der Waals surface area contributed by atoms with Crippen LogP contribution in [-0.4, -0.2) is 34.9 Å². The molecule has 0 radical (unpaired) electrons. The lowest BCUT2D eigenvalue weighted by Crippen LogP contribution is -2.33. The van der Waals surface area contributed by atoms with E-state index < -0.39 is 0 Å². The monoisotopic (exact) mass is 272 g/mol. The van der Waals surface area contributed by atoms with Gasteiger partial charge in [0, 0.05) is 25.1 Å². The van der Waals surface area contributed by atoms with Crippen LogP contribution < -0.4 is 10.6 Å². The molecule has 0 spiro atoms.